The van der Waals surface area contributed by atoms with Gasteiger partial charge in [0.1, 0.15) is 0 Å². The van der Waals surface area contributed by atoms with E-state index in [0.29, 0.717) is 0 Å². The van der Waals surface area contributed by atoms with Crippen LogP contribution in [0.3, 0.4) is 0 Å². The van der Waals surface area contributed by atoms with Crippen molar-refractivity contribution in [3.63, 3.8) is 0 Å². The Morgan fingerprint density at radius 1 is 1.27 bits per heavy atom. The molecule has 0 aliphatic heterocycles. The van der Waals surface area contributed by atoms with Crippen molar-refractivity contribution >= 4 is 6.03 Å². The molecule has 0 aromatic heterocycles. The average molecular weight is 206 g/mol. The molecule has 0 unspecified atom stereocenters. The Hall–Kier alpha value is -1.77. The van der Waals surface area contributed by atoms with Crippen molar-refractivity contribution in [2.75, 3.05) is 7.05 Å². The Kier molecular flexibility index (Phi) is 6.72. The summed E-state index contributed by atoms with van der Waals surface area (Å²) in [5.74, 6) is 0. The lowest BCUT2D eigenvalue weighted by atomic mass is 10.1. The Morgan fingerprint density at radius 3 is 2.27 bits per heavy atom. The number of amides is 2. The van der Waals surface area contributed by atoms with Crippen LogP contribution in [0.5, 0.6) is 0 Å². The Balaban J connectivity index is 4.87. The summed E-state index contributed by atoms with van der Waals surface area (Å²) in [4.78, 5) is 11.2. The zero-order valence-corrected chi connectivity index (χ0v) is 9.34. The summed E-state index contributed by atoms with van der Waals surface area (Å²) in [6.07, 6.45) is 7.77. The van der Waals surface area contributed by atoms with Crippen molar-refractivity contribution in [3.8, 4) is 0 Å². The standard InChI is InChI=1S/C12H18N2O/c1-5-8-10(7-3)11(9-6-2)14-12(15)13-4/h5-6,8-9H,1-2,7H2,3-4H3,(H2,13,14,15)/b10-8-,11-9+. The Morgan fingerprint density at radius 2 is 1.87 bits per heavy atom. The fourth-order valence-electron chi connectivity index (χ4n) is 1.07. The molecule has 0 aromatic rings. The van der Waals surface area contributed by atoms with Gasteiger partial charge < -0.3 is 10.6 Å². The van der Waals surface area contributed by atoms with E-state index in [9.17, 15) is 4.79 Å². The summed E-state index contributed by atoms with van der Waals surface area (Å²) in [5, 5.41) is 5.22. The number of nitrogens with one attached hydrogen (secondary N) is 2. The van der Waals surface area contributed by atoms with Crippen LogP contribution in [0.1, 0.15) is 13.3 Å². The van der Waals surface area contributed by atoms with E-state index in [1.807, 2.05) is 13.0 Å². The smallest absolute Gasteiger partial charge is 0.318 e. The molecule has 3 nitrogen and oxygen atoms in total. The third kappa shape index (κ3) is 4.86. The number of urea groups is 1. The van der Waals surface area contributed by atoms with Crippen LogP contribution in [0, 0.1) is 0 Å². The monoisotopic (exact) mass is 206 g/mol. The first-order valence-electron chi connectivity index (χ1n) is 4.83. The number of carbonyl (C=O) groups excluding carboxylic acids is 1. The summed E-state index contributed by atoms with van der Waals surface area (Å²) in [6, 6.07) is -0.244. The van der Waals surface area contributed by atoms with E-state index in [0.717, 1.165) is 17.7 Å². The van der Waals surface area contributed by atoms with Gasteiger partial charge in [0.25, 0.3) is 0 Å². The molecular formula is C12H18N2O. The largest absolute Gasteiger partial charge is 0.341 e. The highest BCUT2D eigenvalue weighted by atomic mass is 16.2. The zero-order chi connectivity index (χ0) is 11.7. The lowest BCUT2D eigenvalue weighted by molar-refractivity contribution is 0.245. The van der Waals surface area contributed by atoms with Gasteiger partial charge in [0.15, 0.2) is 0 Å². The van der Waals surface area contributed by atoms with Gasteiger partial charge in [0.2, 0.25) is 0 Å². The Labute approximate surface area is 91.3 Å². The van der Waals surface area contributed by atoms with E-state index in [4.69, 9.17) is 0 Å². The zero-order valence-electron chi connectivity index (χ0n) is 9.34. The van der Waals surface area contributed by atoms with Crippen LogP contribution in [0.25, 0.3) is 0 Å². The summed E-state index contributed by atoms with van der Waals surface area (Å²) in [6.45, 7) is 9.25. The molecule has 0 radical (unpaired) electrons. The molecule has 82 valence electrons. The first kappa shape index (κ1) is 13.2. The van der Waals surface area contributed by atoms with Crippen molar-refractivity contribution in [2.45, 2.75) is 13.3 Å². The molecule has 0 heterocycles. The van der Waals surface area contributed by atoms with Gasteiger partial charge in [-0.2, -0.15) is 0 Å². The number of hydrogen-bond acceptors (Lipinski definition) is 1. The molecule has 0 fully saturated rings. The highest BCUT2D eigenvalue weighted by Crippen LogP contribution is 2.11. The predicted octanol–water partition coefficient (Wildman–Crippen LogP) is 2.51. The van der Waals surface area contributed by atoms with Crippen LogP contribution in [0.4, 0.5) is 4.79 Å². The van der Waals surface area contributed by atoms with Crippen molar-refractivity contribution in [2.24, 2.45) is 0 Å². The van der Waals surface area contributed by atoms with Crippen LogP contribution in [-0.2, 0) is 0 Å². The third-order valence-electron chi connectivity index (χ3n) is 1.81. The molecule has 0 aliphatic carbocycles. The quantitative estimate of drug-likeness (QED) is 0.667. The molecule has 2 N–H and O–H groups in total. The molecule has 0 atom stereocenters. The van der Waals surface area contributed by atoms with E-state index in [1.54, 1.807) is 25.3 Å². The molecular weight excluding hydrogens is 188 g/mol. The summed E-state index contributed by atoms with van der Waals surface area (Å²) >= 11 is 0. The number of allylic oxidation sites excluding steroid dienone is 5. The van der Waals surface area contributed by atoms with Crippen LogP contribution in [0.2, 0.25) is 0 Å². The van der Waals surface area contributed by atoms with Gasteiger partial charge in [-0.1, -0.05) is 38.3 Å². The van der Waals surface area contributed by atoms with Crippen LogP contribution in [-0.4, -0.2) is 13.1 Å². The second-order valence-corrected chi connectivity index (χ2v) is 2.80. The highest BCUT2D eigenvalue weighted by molar-refractivity contribution is 5.76. The SMILES string of the molecule is C=C/C=C(CC)\C(=C/C=C)NC(=O)NC. The first-order chi connectivity index (χ1) is 7.19. The van der Waals surface area contributed by atoms with E-state index in [1.165, 1.54) is 0 Å². The van der Waals surface area contributed by atoms with E-state index < -0.39 is 0 Å². The second-order valence-electron chi connectivity index (χ2n) is 2.80. The van der Waals surface area contributed by atoms with Gasteiger partial charge in [0.05, 0.1) is 0 Å². The molecule has 0 saturated carbocycles. The summed E-state index contributed by atoms with van der Waals surface area (Å²) in [7, 11) is 1.57. The van der Waals surface area contributed by atoms with E-state index in [-0.39, 0.29) is 6.03 Å². The third-order valence-corrected chi connectivity index (χ3v) is 1.81. The maximum Gasteiger partial charge on any atom is 0.318 e. The molecule has 15 heavy (non-hydrogen) atoms. The summed E-state index contributed by atoms with van der Waals surface area (Å²) in [5.41, 5.74) is 1.75. The average Bonchev–Trinajstić information content (AvgIpc) is 2.25. The van der Waals surface area contributed by atoms with Crippen molar-refractivity contribution < 1.29 is 4.79 Å². The maximum atomic E-state index is 11.2. The second kappa shape index (κ2) is 7.62. The fourth-order valence-corrected chi connectivity index (χ4v) is 1.07. The predicted molar refractivity (Wildman–Crippen MR) is 64.4 cm³/mol. The molecule has 0 aliphatic rings. The van der Waals surface area contributed by atoms with E-state index in [2.05, 4.69) is 23.8 Å². The van der Waals surface area contributed by atoms with Crippen LogP contribution < -0.4 is 10.6 Å². The number of carbonyl (C=O) groups is 1. The van der Waals surface area contributed by atoms with Gasteiger partial charge in [-0.25, -0.2) is 4.79 Å². The summed E-state index contributed by atoms with van der Waals surface area (Å²) < 4.78 is 0. The van der Waals surface area contributed by atoms with E-state index >= 15 is 0 Å². The minimum Gasteiger partial charge on any atom is -0.341 e. The fraction of sp³-hybridized carbons (Fsp3) is 0.250. The molecule has 0 aromatic carbocycles. The topological polar surface area (TPSA) is 41.1 Å². The van der Waals surface area contributed by atoms with Crippen LogP contribution in [0.15, 0.2) is 48.7 Å². The first-order valence-corrected chi connectivity index (χ1v) is 4.83. The minimum atomic E-state index is -0.244. The van der Waals surface area contributed by atoms with Crippen LogP contribution >= 0.6 is 0 Å². The molecule has 0 rings (SSSR count). The van der Waals surface area contributed by atoms with Gasteiger partial charge in [-0.3, -0.25) is 0 Å². The maximum absolute atomic E-state index is 11.2. The number of hydrogen-bond donors (Lipinski definition) is 2. The molecule has 0 bridgehead atoms. The minimum absolute atomic E-state index is 0.244. The normalized spacial score (nSPS) is 11.9. The number of rotatable bonds is 5. The molecule has 0 saturated heterocycles. The molecule has 2 amide bonds. The molecule has 3 heteroatoms. The van der Waals surface area contributed by atoms with Crippen molar-refractivity contribution in [1.82, 2.24) is 10.6 Å². The van der Waals surface area contributed by atoms with Gasteiger partial charge in [-0.15, -0.1) is 0 Å². The van der Waals surface area contributed by atoms with Gasteiger partial charge >= 0.3 is 6.03 Å². The van der Waals surface area contributed by atoms with Gasteiger partial charge in [0, 0.05) is 12.7 Å². The Bertz CT molecular complexity index is 301. The molecule has 0 spiro atoms. The lowest BCUT2D eigenvalue weighted by Gasteiger charge is -2.11. The lowest BCUT2D eigenvalue weighted by Crippen LogP contribution is -2.32. The van der Waals surface area contributed by atoms with Crippen molar-refractivity contribution in [3.05, 3.63) is 48.7 Å². The highest BCUT2D eigenvalue weighted by Gasteiger charge is 2.04. The van der Waals surface area contributed by atoms with Crippen molar-refractivity contribution in [1.29, 1.82) is 0 Å². The van der Waals surface area contributed by atoms with Gasteiger partial charge in [-0.05, 0) is 18.1 Å².